The van der Waals surface area contributed by atoms with Crippen molar-refractivity contribution < 1.29 is 14.3 Å². The molecular weight excluding hydrogens is 276 g/mol. The van der Waals surface area contributed by atoms with Gasteiger partial charge in [-0.05, 0) is 40.6 Å². The minimum absolute atomic E-state index is 0.278. The Bertz CT molecular complexity index is 794. The summed E-state index contributed by atoms with van der Waals surface area (Å²) in [5.41, 5.74) is 1.52. The molecule has 0 bridgehead atoms. The summed E-state index contributed by atoms with van der Waals surface area (Å²) in [6.07, 6.45) is 0. The fraction of sp³-hybridized carbons (Fsp3) is 0.105. The summed E-state index contributed by atoms with van der Waals surface area (Å²) in [4.78, 5) is 12.1. The number of carbonyl (C=O) groups is 1. The van der Waals surface area contributed by atoms with Crippen molar-refractivity contribution in [3.8, 4) is 5.75 Å². The predicted octanol–water partition coefficient (Wildman–Crippen LogP) is 4.21. The molecule has 22 heavy (non-hydrogen) atoms. The molecule has 3 aromatic carbocycles. The third-order valence-electron chi connectivity index (χ3n) is 3.50. The highest BCUT2D eigenvalue weighted by Gasteiger charge is 2.08. The Morgan fingerprint density at radius 2 is 1.64 bits per heavy atom. The monoisotopic (exact) mass is 292 g/mol. The minimum atomic E-state index is -0.318. The average molecular weight is 292 g/mol. The molecule has 0 N–H and O–H groups in total. The van der Waals surface area contributed by atoms with Crippen LogP contribution in [0.3, 0.4) is 0 Å². The molecule has 3 nitrogen and oxygen atoms in total. The van der Waals surface area contributed by atoms with E-state index in [-0.39, 0.29) is 12.6 Å². The van der Waals surface area contributed by atoms with Gasteiger partial charge in [0.25, 0.3) is 0 Å². The predicted molar refractivity (Wildman–Crippen MR) is 86.1 cm³/mol. The second-order valence-electron chi connectivity index (χ2n) is 4.99. The topological polar surface area (TPSA) is 35.5 Å². The Morgan fingerprint density at radius 1 is 0.909 bits per heavy atom. The molecule has 0 aliphatic carbocycles. The number of ether oxygens (including phenoxy) is 2. The van der Waals surface area contributed by atoms with Gasteiger partial charge >= 0.3 is 5.97 Å². The molecule has 0 amide bonds. The quantitative estimate of drug-likeness (QED) is 0.676. The van der Waals surface area contributed by atoms with Gasteiger partial charge in [0.05, 0.1) is 12.7 Å². The molecule has 0 aromatic heterocycles. The van der Waals surface area contributed by atoms with E-state index in [0.717, 1.165) is 22.1 Å². The van der Waals surface area contributed by atoms with E-state index in [2.05, 4.69) is 0 Å². The second kappa shape index (κ2) is 6.31. The summed E-state index contributed by atoms with van der Waals surface area (Å²) in [5, 5.41) is 2.01. The molecule has 0 saturated heterocycles. The Hall–Kier alpha value is -2.81. The van der Waals surface area contributed by atoms with Gasteiger partial charge in [-0.3, -0.25) is 0 Å². The van der Waals surface area contributed by atoms with Gasteiger partial charge in [0, 0.05) is 0 Å². The minimum Gasteiger partial charge on any atom is -0.497 e. The lowest BCUT2D eigenvalue weighted by Gasteiger charge is -2.07. The van der Waals surface area contributed by atoms with E-state index < -0.39 is 0 Å². The van der Waals surface area contributed by atoms with E-state index in [1.165, 1.54) is 0 Å². The largest absolute Gasteiger partial charge is 0.497 e. The number of rotatable bonds is 4. The van der Waals surface area contributed by atoms with Crippen LogP contribution >= 0.6 is 0 Å². The van der Waals surface area contributed by atoms with Crippen LogP contribution < -0.4 is 4.74 Å². The van der Waals surface area contributed by atoms with Crippen LogP contribution in [0.1, 0.15) is 15.9 Å². The first-order valence-corrected chi connectivity index (χ1v) is 7.05. The smallest absolute Gasteiger partial charge is 0.338 e. The number of benzene rings is 3. The maximum absolute atomic E-state index is 12.1. The highest BCUT2D eigenvalue weighted by atomic mass is 16.5. The van der Waals surface area contributed by atoms with Crippen LogP contribution in [-0.2, 0) is 11.3 Å². The molecule has 0 radical (unpaired) electrons. The SMILES string of the molecule is COc1ccc2cc(C(=O)OCc3ccccc3)ccc2c1. The van der Waals surface area contributed by atoms with E-state index in [1.807, 2.05) is 60.7 Å². The van der Waals surface area contributed by atoms with Gasteiger partial charge in [-0.1, -0.05) is 42.5 Å². The number of esters is 1. The van der Waals surface area contributed by atoms with Gasteiger partial charge in [0.1, 0.15) is 12.4 Å². The third-order valence-corrected chi connectivity index (χ3v) is 3.50. The molecule has 0 aliphatic rings. The van der Waals surface area contributed by atoms with Crippen LogP contribution in [0.25, 0.3) is 10.8 Å². The highest BCUT2D eigenvalue weighted by Crippen LogP contribution is 2.22. The van der Waals surface area contributed by atoms with Crippen LogP contribution in [0, 0.1) is 0 Å². The van der Waals surface area contributed by atoms with E-state index in [1.54, 1.807) is 13.2 Å². The van der Waals surface area contributed by atoms with E-state index in [9.17, 15) is 4.79 Å². The van der Waals surface area contributed by atoms with E-state index in [4.69, 9.17) is 9.47 Å². The van der Waals surface area contributed by atoms with Crippen molar-refractivity contribution in [2.75, 3.05) is 7.11 Å². The van der Waals surface area contributed by atoms with Crippen molar-refractivity contribution >= 4 is 16.7 Å². The zero-order chi connectivity index (χ0) is 15.4. The molecule has 3 rings (SSSR count). The molecule has 0 atom stereocenters. The zero-order valence-corrected chi connectivity index (χ0v) is 12.3. The maximum atomic E-state index is 12.1. The first kappa shape index (κ1) is 14.1. The lowest BCUT2D eigenvalue weighted by atomic mass is 10.1. The molecular formula is C19H16O3. The molecule has 0 heterocycles. The molecule has 0 aliphatic heterocycles. The van der Waals surface area contributed by atoms with Crippen molar-refractivity contribution in [3.63, 3.8) is 0 Å². The van der Waals surface area contributed by atoms with E-state index in [0.29, 0.717) is 5.56 Å². The fourth-order valence-corrected chi connectivity index (χ4v) is 2.28. The summed E-state index contributed by atoms with van der Waals surface area (Å²) < 4.78 is 10.5. The van der Waals surface area contributed by atoms with Crippen LogP contribution in [-0.4, -0.2) is 13.1 Å². The number of carbonyl (C=O) groups excluding carboxylic acids is 1. The van der Waals surface area contributed by atoms with Crippen molar-refractivity contribution in [2.45, 2.75) is 6.61 Å². The molecule has 3 aromatic rings. The van der Waals surface area contributed by atoms with Crippen LogP contribution in [0.5, 0.6) is 5.75 Å². The Labute approximate surface area is 129 Å². The van der Waals surface area contributed by atoms with Crippen molar-refractivity contribution in [3.05, 3.63) is 77.9 Å². The van der Waals surface area contributed by atoms with Crippen molar-refractivity contribution in [2.24, 2.45) is 0 Å². The molecule has 0 saturated carbocycles. The van der Waals surface area contributed by atoms with Crippen LogP contribution in [0.4, 0.5) is 0 Å². The van der Waals surface area contributed by atoms with Gasteiger partial charge in [0.2, 0.25) is 0 Å². The fourth-order valence-electron chi connectivity index (χ4n) is 2.28. The summed E-state index contributed by atoms with van der Waals surface area (Å²) in [5.74, 6) is 0.480. The summed E-state index contributed by atoms with van der Waals surface area (Å²) in [7, 11) is 1.64. The molecule has 0 spiro atoms. The van der Waals surface area contributed by atoms with Crippen molar-refractivity contribution in [1.29, 1.82) is 0 Å². The molecule has 3 heteroatoms. The normalized spacial score (nSPS) is 10.4. The Morgan fingerprint density at radius 3 is 2.41 bits per heavy atom. The second-order valence-corrected chi connectivity index (χ2v) is 4.99. The number of hydrogen-bond donors (Lipinski definition) is 0. The number of methoxy groups -OCH3 is 1. The van der Waals surface area contributed by atoms with Gasteiger partial charge in [-0.25, -0.2) is 4.79 Å². The lowest BCUT2D eigenvalue weighted by Crippen LogP contribution is -2.05. The van der Waals surface area contributed by atoms with E-state index >= 15 is 0 Å². The van der Waals surface area contributed by atoms with Gasteiger partial charge in [-0.2, -0.15) is 0 Å². The third kappa shape index (κ3) is 3.09. The van der Waals surface area contributed by atoms with Gasteiger partial charge in [0.15, 0.2) is 0 Å². The summed E-state index contributed by atoms with van der Waals surface area (Å²) in [6.45, 7) is 0.278. The summed E-state index contributed by atoms with van der Waals surface area (Å²) in [6, 6.07) is 20.9. The number of fused-ring (bicyclic) bond motifs is 1. The summed E-state index contributed by atoms with van der Waals surface area (Å²) >= 11 is 0. The molecule has 0 fully saturated rings. The van der Waals surface area contributed by atoms with Gasteiger partial charge in [-0.15, -0.1) is 0 Å². The number of hydrogen-bond acceptors (Lipinski definition) is 3. The first-order chi connectivity index (χ1) is 10.8. The lowest BCUT2D eigenvalue weighted by molar-refractivity contribution is 0.0473. The zero-order valence-electron chi connectivity index (χ0n) is 12.3. The standard InChI is InChI=1S/C19H16O3/c1-21-18-10-9-15-11-17(8-7-16(15)12-18)19(20)22-13-14-5-3-2-4-6-14/h2-12H,13H2,1H3. The average Bonchev–Trinajstić information content (AvgIpc) is 2.59. The molecule has 110 valence electrons. The van der Waals surface area contributed by atoms with Crippen LogP contribution in [0.2, 0.25) is 0 Å². The van der Waals surface area contributed by atoms with Gasteiger partial charge < -0.3 is 9.47 Å². The molecule has 0 unspecified atom stereocenters. The Balaban J connectivity index is 1.76. The maximum Gasteiger partial charge on any atom is 0.338 e. The van der Waals surface area contributed by atoms with Crippen LogP contribution in [0.15, 0.2) is 66.7 Å². The highest BCUT2D eigenvalue weighted by molar-refractivity contribution is 5.95. The first-order valence-electron chi connectivity index (χ1n) is 7.05. The Kier molecular flexibility index (Phi) is 4.05. The van der Waals surface area contributed by atoms with Crippen molar-refractivity contribution in [1.82, 2.24) is 0 Å².